The van der Waals surface area contributed by atoms with Crippen LogP contribution in [0.4, 0.5) is 10.1 Å². The molecule has 2 heterocycles. The number of sulfonamides is 1. The number of rotatable bonds is 6. The second kappa shape index (κ2) is 9.88. The monoisotopic (exact) mass is 570 g/mol. The van der Waals surface area contributed by atoms with Gasteiger partial charge in [0.05, 0.1) is 16.6 Å². The molecule has 1 spiro atoms. The molecule has 0 bridgehead atoms. The van der Waals surface area contributed by atoms with Crippen LogP contribution in [0.15, 0.2) is 71.6 Å². The Kier molecular flexibility index (Phi) is 6.69. The molecule has 1 atom stereocenters. The first-order chi connectivity index (χ1) is 18.3. The van der Waals surface area contributed by atoms with Crippen molar-refractivity contribution < 1.29 is 17.6 Å². The number of nitrogens with one attached hydrogen (secondary N) is 1. The van der Waals surface area contributed by atoms with Gasteiger partial charge in [-0.15, -0.1) is 0 Å². The van der Waals surface area contributed by atoms with Gasteiger partial charge in [-0.2, -0.15) is 11.8 Å². The van der Waals surface area contributed by atoms with E-state index >= 15 is 0 Å². The van der Waals surface area contributed by atoms with Crippen molar-refractivity contribution in [2.75, 3.05) is 15.8 Å². The van der Waals surface area contributed by atoms with Crippen molar-refractivity contribution in [1.82, 2.24) is 5.32 Å². The molecular weight excluding hydrogens is 543 g/mol. The number of anilines is 1. The molecule has 3 aromatic rings. The number of nitrogens with zero attached hydrogens (tertiary/aromatic N) is 1. The predicted octanol–water partition coefficient (Wildman–Crippen LogP) is 6.16. The van der Waals surface area contributed by atoms with Crippen LogP contribution < -0.4 is 9.62 Å². The van der Waals surface area contributed by atoms with Gasteiger partial charge >= 0.3 is 0 Å². The first-order valence-corrected chi connectivity index (χ1v) is 15.8. The second-order valence-corrected chi connectivity index (χ2v) is 13.8. The Morgan fingerprint density at radius 1 is 1.05 bits per heavy atom. The lowest BCUT2D eigenvalue weighted by molar-refractivity contribution is 0.0950. The molecule has 2 fully saturated rings. The van der Waals surface area contributed by atoms with Gasteiger partial charge in [-0.3, -0.25) is 9.10 Å². The summed E-state index contributed by atoms with van der Waals surface area (Å²) in [5, 5.41) is 3.55. The molecule has 198 valence electrons. The van der Waals surface area contributed by atoms with Crippen molar-refractivity contribution in [3.8, 4) is 0 Å². The zero-order chi connectivity index (χ0) is 26.5. The Morgan fingerprint density at radius 2 is 1.76 bits per heavy atom. The summed E-state index contributed by atoms with van der Waals surface area (Å²) in [6.07, 6.45) is 3.67. The van der Waals surface area contributed by atoms with Crippen LogP contribution in [0.3, 0.4) is 0 Å². The molecule has 3 aromatic carbocycles. The number of hydrogen-bond donors (Lipinski definition) is 1. The fraction of sp³-hybridized carbons (Fsp3) is 0.345. The molecule has 6 rings (SSSR count). The summed E-state index contributed by atoms with van der Waals surface area (Å²) < 4.78 is 43.4. The maximum absolute atomic E-state index is 14.1. The van der Waals surface area contributed by atoms with Gasteiger partial charge in [0, 0.05) is 22.5 Å². The number of halogens is 2. The van der Waals surface area contributed by atoms with Crippen LogP contribution >= 0.6 is 23.4 Å². The van der Waals surface area contributed by atoms with Gasteiger partial charge in [-0.25, -0.2) is 12.8 Å². The molecule has 3 aliphatic rings. The Balaban J connectivity index is 1.41. The Morgan fingerprint density at radius 3 is 2.45 bits per heavy atom. The lowest BCUT2D eigenvalue weighted by Gasteiger charge is -2.41. The van der Waals surface area contributed by atoms with Gasteiger partial charge in [-0.1, -0.05) is 29.8 Å². The summed E-state index contributed by atoms with van der Waals surface area (Å²) >= 11 is 8.15. The summed E-state index contributed by atoms with van der Waals surface area (Å²) in [4.78, 5) is 13.3. The molecule has 0 aromatic heterocycles. The van der Waals surface area contributed by atoms with E-state index in [0.29, 0.717) is 22.8 Å². The zero-order valence-electron chi connectivity index (χ0n) is 20.7. The number of carbonyl (C=O) groups excluding carboxylic acids is 1. The minimum absolute atomic E-state index is 0.0827. The SMILES string of the molecule is O=C(NCc1ccccc1Cl)c1ccc2c(c1)C1(CCSCC1)C(C1CC1)N2S(=O)(=O)c1ccc(F)cc1. The number of fused-ring (bicyclic) bond motifs is 2. The van der Waals surface area contributed by atoms with Crippen LogP contribution in [-0.4, -0.2) is 31.9 Å². The summed E-state index contributed by atoms with van der Waals surface area (Å²) in [6, 6.07) is 17.6. The van der Waals surface area contributed by atoms with Crippen LogP contribution in [0.1, 0.15) is 47.2 Å². The Bertz CT molecular complexity index is 1490. The largest absolute Gasteiger partial charge is 0.348 e. The van der Waals surface area contributed by atoms with E-state index in [2.05, 4.69) is 5.32 Å². The fourth-order valence-corrected chi connectivity index (χ4v) is 9.30. The minimum atomic E-state index is -3.94. The van der Waals surface area contributed by atoms with Crippen LogP contribution in [0.25, 0.3) is 0 Å². The van der Waals surface area contributed by atoms with E-state index in [9.17, 15) is 17.6 Å². The second-order valence-electron chi connectivity index (χ2n) is 10.3. The highest BCUT2D eigenvalue weighted by molar-refractivity contribution is 7.99. The maximum atomic E-state index is 14.1. The Hall–Kier alpha value is -2.55. The molecule has 1 N–H and O–H groups in total. The summed E-state index contributed by atoms with van der Waals surface area (Å²) in [7, 11) is -3.94. The molecule has 1 saturated heterocycles. The molecule has 1 saturated carbocycles. The molecule has 1 unspecified atom stereocenters. The van der Waals surface area contributed by atoms with Crippen molar-refractivity contribution in [1.29, 1.82) is 0 Å². The van der Waals surface area contributed by atoms with E-state index < -0.39 is 15.8 Å². The van der Waals surface area contributed by atoms with Gasteiger partial charge in [0.15, 0.2) is 0 Å². The van der Waals surface area contributed by atoms with Gasteiger partial charge in [0.25, 0.3) is 15.9 Å². The molecule has 9 heteroatoms. The first kappa shape index (κ1) is 25.7. The summed E-state index contributed by atoms with van der Waals surface area (Å²) in [6.45, 7) is 0.299. The van der Waals surface area contributed by atoms with Crippen LogP contribution in [0.5, 0.6) is 0 Å². The highest BCUT2D eigenvalue weighted by Crippen LogP contribution is 2.59. The van der Waals surface area contributed by atoms with Gasteiger partial charge in [0.1, 0.15) is 5.82 Å². The van der Waals surface area contributed by atoms with Gasteiger partial charge < -0.3 is 5.32 Å². The molecule has 1 amide bonds. The van der Waals surface area contributed by atoms with Crippen LogP contribution in [-0.2, 0) is 22.0 Å². The van der Waals surface area contributed by atoms with Crippen molar-refractivity contribution in [2.45, 2.75) is 48.6 Å². The zero-order valence-corrected chi connectivity index (χ0v) is 23.1. The lowest BCUT2D eigenvalue weighted by atomic mass is 9.70. The number of carbonyl (C=O) groups is 1. The normalized spacial score (nSPS) is 20.4. The van der Waals surface area contributed by atoms with E-state index in [1.54, 1.807) is 22.5 Å². The third kappa shape index (κ3) is 4.40. The van der Waals surface area contributed by atoms with E-state index in [-0.39, 0.29) is 28.2 Å². The van der Waals surface area contributed by atoms with Gasteiger partial charge in [-0.05, 0) is 103 Å². The van der Waals surface area contributed by atoms with Crippen molar-refractivity contribution in [3.05, 3.63) is 94.3 Å². The molecule has 5 nitrogen and oxygen atoms in total. The lowest BCUT2D eigenvalue weighted by Crippen LogP contribution is -2.50. The van der Waals surface area contributed by atoms with Crippen molar-refractivity contribution >= 4 is 45.0 Å². The molecular formula is C29H28ClFN2O3S2. The van der Waals surface area contributed by atoms with E-state index in [1.165, 1.54) is 24.3 Å². The van der Waals surface area contributed by atoms with Crippen molar-refractivity contribution in [3.63, 3.8) is 0 Å². The van der Waals surface area contributed by atoms with E-state index in [1.807, 2.05) is 36.0 Å². The Labute approximate surface area is 231 Å². The van der Waals surface area contributed by atoms with Crippen LogP contribution in [0.2, 0.25) is 5.02 Å². The highest BCUT2D eigenvalue weighted by Gasteiger charge is 2.59. The van der Waals surface area contributed by atoms with Crippen molar-refractivity contribution in [2.24, 2.45) is 5.92 Å². The van der Waals surface area contributed by atoms with E-state index in [0.717, 1.165) is 48.3 Å². The number of hydrogen-bond acceptors (Lipinski definition) is 4. The average molecular weight is 571 g/mol. The smallest absolute Gasteiger partial charge is 0.264 e. The number of thioether (sulfide) groups is 1. The molecule has 0 radical (unpaired) electrons. The molecule has 38 heavy (non-hydrogen) atoms. The topological polar surface area (TPSA) is 66.5 Å². The first-order valence-electron chi connectivity index (χ1n) is 12.9. The summed E-state index contributed by atoms with van der Waals surface area (Å²) in [5.41, 5.74) is 2.55. The average Bonchev–Trinajstić information content (AvgIpc) is 3.72. The summed E-state index contributed by atoms with van der Waals surface area (Å²) in [5.74, 6) is 1.44. The van der Waals surface area contributed by atoms with Gasteiger partial charge in [0.2, 0.25) is 0 Å². The number of benzene rings is 3. The van der Waals surface area contributed by atoms with E-state index in [4.69, 9.17) is 11.6 Å². The highest BCUT2D eigenvalue weighted by atomic mass is 35.5. The third-order valence-electron chi connectivity index (χ3n) is 8.07. The third-order valence-corrected chi connectivity index (χ3v) is 11.2. The number of amides is 1. The minimum Gasteiger partial charge on any atom is -0.348 e. The van der Waals surface area contributed by atoms with Crippen LogP contribution in [0, 0.1) is 11.7 Å². The standard InChI is InChI=1S/C29H28ClFN2O3S2/c30-25-4-2-1-3-21(25)18-32-28(34)20-7-12-26-24(17-20)29(13-15-37-16-14-29)27(19-5-6-19)33(26)38(35,36)23-10-8-22(31)9-11-23/h1-4,7-12,17,19,27H,5-6,13-16,18H2,(H,32,34). The quantitative estimate of drug-likeness (QED) is 0.385. The maximum Gasteiger partial charge on any atom is 0.264 e. The molecule has 2 aliphatic heterocycles. The fourth-order valence-electron chi connectivity index (χ4n) is 6.08. The molecule has 1 aliphatic carbocycles. The predicted molar refractivity (Wildman–Crippen MR) is 150 cm³/mol.